The number of fused-ring (bicyclic) bond motifs is 1. The number of anilines is 1. The zero-order chi connectivity index (χ0) is 31.3. The normalized spacial score (nSPS) is 13.0. The second-order valence-electron chi connectivity index (χ2n) is 11.8. The van der Waals surface area contributed by atoms with Crippen molar-refractivity contribution in [3.8, 4) is 11.5 Å². The number of carbonyl (C=O) groups is 1. The number of para-hydroxylation sites is 2. The minimum absolute atomic E-state index is 0.138. The van der Waals surface area contributed by atoms with Crippen LogP contribution in [-0.2, 0) is 25.4 Å². The van der Waals surface area contributed by atoms with E-state index < -0.39 is 31.0 Å². The monoisotopic (exact) mass is 611 g/mol. The standard InChI is InChI=1S/C30H38N5O7P/c1-22(38-21-43(37,40-23-14-10-8-11-15-23)41-24-16-12-9-13-17-24)18-34-20-33-25-26(34)31-19-32-27(25)35(42-30(5,6)7)28(36)39-29(2,3)4/h8-17,19-20,22H,18,21H2,1-7H3/t22-/m1/s1. The van der Waals surface area contributed by atoms with Crippen LogP contribution in [0.15, 0.2) is 73.3 Å². The number of ether oxygens (including phenoxy) is 2. The van der Waals surface area contributed by atoms with Gasteiger partial charge in [-0.05, 0) is 72.7 Å². The maximum absolute atomic E-state index is 13.8. The van der Waals surface area contributed by atoms with Crippen molar-refractivity contribution in [2.24, 2.45) is 0 Å². The summed E-state index contributed by atoms with van der Waals surface area (Å²) in [7, 11) is -3.77. The van der Waals surface area contributed by atoms with Crippen LogP contribution in [0.25, 0.3) is 11.2 Å². The predicted molar refractivity (Wildman–Crippen MR) is 162 cm³/mol. The summed E-state index contributed by atoms with van der Waals surface area (Å²) < 4.78 is 38.7. The average molecular weight is 612 g/mol. The summed E-state index contributed by atoms with van der Waals surface area (Å²) in [5, 5.41) is 1.00. The van der Waals surface area contributed by atoms with Crippen molar-refractivity contribution in [2.45, 2.75) is 72.3 Å². The molecule has 0 N–H and O–H groups in total. The highest BCUT2D eigenvalue weighted by molar-refractivity contribution is 7.54. The van der Waals surface area contributed by atoms with E-state index in [-0.39, 0.29) is 18.7 Å². The molecule has 0 fully saturated rings. The largest absolute Gasteiger partial charge is 0.456 e. The van der Waals surface area contributed by atoms with E-state index in [9.17, 15) is 9.36 Å². The zero-order valence-corrected chi connectivity index (χ0v) is 26.4. The van der Waals surface area contributed by atoms with Crippen molar-refractivity contribution < 1.29 is 32.7 Å². The first-order valence-electron chi connectivity index (χ1n) is 13.8. The Morgan fingerprint density at radius 3 is 2.00 bits per heavy atom. The molecule has 0 saturated carbocycles. The van der Waals surface area contributed by atoms with Crippen LogP contribution in [0, 0.1) is 0 Å². The number of hydrogen-bond donors (Lipinski definition) is 0. The van der Waals surface area contributed by atoms with Crippen molar-refractivity contribution in [3.05, 3.63) is 73.3 Å². The number of aromatic nitrogens is 4. The van der Waals surface area contributed by atoms with E-state index in [1.165, 1.54) is 6.33 Å². The molecule has 230 valence electrons. The van der Waals surface area contributed by atoms with Gasteiger partial charge in [-0.15, -0.1) is 5.06 Å². The molecule has 2 aromatic heterocycles. The van der Waals surface area contributed by atoms with E-state index in [2.05, 4.69) is 15.0 Å². The van der Waals surface area contributed by atoms with Crippen molar-refractivity contribution in [3.63, 3.8) is 0 Å². The number of hydroxylamine groups is 1. The number of hydrogen-bond acceptors (Lipinski definition) is 10. The molecule has 1 amide bonds. The van der Waals surface area contributed by atoms with E-state index >= 15 is 0 Å². The van der Waals surface area contributed by atoms with Crippen LogP contribution < -0.4 is 14.1 Å². The fourth-order valence-corrected chi connectivity index (χ4v) is 5.26. The van der Waals surface area contributed by atoms with Crippen molar-refractivity contribution in [1.29, 1.82) is 0 Å². The number of amides is 1. The van der Waals surface area contributed by atoms with Crippen LogP contribution in [0.3, 0.4) is 0 Å². The van der Waals surface area contributed by atoms with Gasteiger partial charge in [0, 0.05) is 0 Å². The molecule has 43 heavy (non-hydrogen) atoms. The van der Waals surface area contributed by atoms with Crippen LogP contribution in [0.1, 0.15) is 48.5 Å². The second-order valence-corrected chi connectivity index (χ2v) is 13.6. The summed E-state index contributed by atoms with van der Waals surface area (Å²) in [6, 6.07) is 17.6. The Balaban J connectivity index is 1.53. The molecule has 2 heterocycles. The SMILES string of the molecule is C[C@H](Cn1cnc2c(N(OC(C)(C)C)C(=O)OC(C)(C)C)ncnc21)OCP(=O)(Oc1ccccc1)Oc1ccccc1. The molecule has 13 heteroatoms. The van der Waals surface area contributed by atoms with E-state index in [4.69, 9.17) is 23.4 Å². The number of carbonyl (C=O) groups excluding carboxylic acids is 1. The zero-order valence-electron chi connectivity index (χ0n) is 25.5. The number of rotatable bonds is 11. The highest BCUT2D eigenvalue weighted by Gasteiger charge is 2.33. The fraction of sp³-hybridized carbons (Fsp3) is 0.400. The summed E-state index contributed by atoms with van der Waals surface area (Å²) in [5.74, 6) is 0.934. The van der Waals surface area contributed by atoms with E-state index in [1.54, 1.807) is 80.2 Å². The summed E-state index contributed by atoms with van der Waals surface area (Å²) in [6.07, 6.45) is 1.38. The van der Waals surface area contributed by atoms with Gasteiger partial charge < -0.3 is 23.1 Å². The van der Waals surface area contributed by atoms with Crippen LogP contribution in [0.4, 0.5) is 10.6 Å². The quantitative estimate of drug-likeness (QED) is 0.129. The van der Waals surface area contributed by atoms with Gasteiger partial charge in [-0.3, -0.25) is 4.84 Å². The molecule has 0 saturated heterocycles. The van der Waals surface area contributed by atoms with Gasteiger partial charge in [0.05, 0.1) is 24.6 Å². The Hall–Kier alpha value is -3.99. The molecular weight excluding hydrogens is 573 g/mol. The molecule has 4 rings (SSSR count). The minimum atomic E-state index is -3.77. The number of nitrogens with zero attached hydrogens (tertiary/aromatic N) is 5. The van der Waals surface area contributed by atoms with E-state index in [1.807, 2.05) is 39.8 Å². The molecule has 0 unspecified atom stereocenters. The van der Waals surface area contributed by atoms with Gasteiger partial charge in [-0.25, -0.2) is 24.3 Å². The first-order valence-corrected chi connectivity index (χ1v) is 15.5. The van der Waals surface area contributed by atoms with Crippen LogP contribution >= 0.6 is 7.60 Å². The molecule has 4 aromatic rings. The first-order chi connectivity index (χ1) is 20.2. The summed E-state index contributed by atoms with van der Waals surface area (Å²) in [4.78, 5) is 32.2. The Morgan fingerprint density at radius 2 is 1.47 bits per heavy atom. The molecule has 12 nitrogen and oxygen atoms in total. The molecule has 1 atom stereocenters. The average Bonchev–Trinajstić information content (AvgIpc) is 3.33. The molecule has 0 bridgehead atoms. The third-order valence-electron chi connectivity index (χ3n) is 5.45. The molecular formula is C30H38N5O7P. The fourth-order valence-electron chi connectivity index (χ4n) is 3.80. The van der Waals surface area contributed by atoms with Gasteiger partial charge in [0.1, 0.15) is 23.4 Å². The minimum Gasteiger partial charge on any atom is -0.442 e. The van der Waals surface area contributed by atoms with Crippen LogP contribution in [0.2, 0.25) is 0 Å². The lowest BCUT2D eigenvalue weighted by Gasteiger charge is -2.30. The lowest BCUT2D eigenvalue weighted by molar-refractivity contribution is -0.0361. The third kappa shape index (κ3) is 9.25. The van der Waals surface area contributed by atoms with Gasteiger partial charge in [-0.1, -0.05) is 36.4 Å². The Bertz CT molecular complexity index is 1510. The Kier molecular flexibility index (Phi) is 9.74. The highest BCUT2D eigenvalue weighted by atomic mass is 31.2. The summed E-state index contributed by atoms with van der Waals surface area (Å²) in [5.41, 5.74) is -0.731. The summed E-state index contributed by atoms with van der Waals surface area (Å²) >= 11 is 0. The Labute approximate surface area is 251 Å². The lowest BCUT2D eigenvalue weighted by Crippen LogP contribution is -2.42. The van der Waals surface area contributed by atoms with E-state index in [0.29, 0.717) is 22.7 Å². The van der Waals surface area contributed by atoms with Gasteiger partial charge >= 0.3 is 13.7 Å². The van der Waals surface area contributed by atoms with Crippen molar-refractivity contribution in [1.82, 2.24) is 19.5 Å². The molecule has 0 aliphatic heterocycles. The topological polar surface area (TPSA) is 127 Å². The molecule has 2 aromatic carbocycles. The van der Waals surface area contributed by atoms with Gasteiger partial charge in [0.2, 0.25) is 0 Å². The molecule has 0 aliphatic carbocycles. The number of benzene rings is 2. The lowest BCUT2D eigenvalue weighted by atomic mass is 10.2. The van der Waals surface area contributed by atoms with Crippen LogP contribution in [-0.4, -0.2) is 49.3 Å². The first kappa shape index (κ1) is 31.9. The molecule has 0 radical (unpaired) electrons. The smallest absolute Gasteiger partial charge is 0.442 e. The molecule has 0 aliphatic rings. The Morgan fingerprint density at radius 1 is 0.884 bits per heavy atom. The van der Waals surface area contributed by atoms with Gasteiger partial charge in [-0.2, -0.15) is 0 Å². The maximum atomic E-state index is 13.8. The predicted octanol–water partition coefficient (Wildman–Crippen LogP) is 7.01. The van der Waals surface area contributed by atoms with Crippen molar-refractivity contribution in [2.75, 3.05) is 11.4 Å². The number of imidazole rings is 1. The highest BCUT2D eigenvalue weighted by Crippen LogP contribution is 2.48. The van der Waals surface area contributed by atoms with Gasteiger partial charge in [0.25, 0.3) is 0 Å². The maximum Gasteiger partial charge on any atom is 0.456 e. The van der Waals surface area contributed by atoms with Crippen LogP contribution in [0.5, 0.6) is 11.5 Å². The second kappa shape index (κ2) is 13.1. The van der Waals surface area contributed by atoms with Gasteiger partial charge in [0.15, 0.2) is 23.3 Å². The van der Waals surface area contributed by atoms with Crippen molar-refractivity contribution >= 4 is 30.7 Å². The van der Waals surface area contributed by atoms with E-state index in [0.717, 1.165) is 5.06 Å². The summed E-state index contributed by atoms with van der Waals surface area (Å²) in [6.45, 7) is 12.8. The third-order valence-corrected chi connectivity index (χ3v) is 6.89. The molecule has 0 spiro atoms.